The minimum atomic E-state index is -3.42. The molecule has 5 N–H and O–H groups in total. The van der Waals surface area contributed by atoms with E-state index in [4.69, 9.17) is 16.0 Å². The number of guanidine groups is 1. The van der Waals surface area contributed by atoms with Crippen molar-refractivity contribution in [2.24, 2.45) is 15.7 Å². The molecular formula is C9H14N4O4. The molecule has 0 aliphatic carbocycles. The van der Waals surface area contributed by atoms with Crippen molar-refractivity contribution in [1.29, 1.82) is 0 Å². The van der Waals surface area contributed by atoms with E-state index < -0.39 is 31.1 Å². The Balaban J connectivity index is 2.38. The summed E-state index contributed by atoms with van der Waals surface area (Å²) in [5.74, 6) is -0.190. The molecule has 1 unspecified atom stereocenters. The molecule has 0 radical (unpaired) electrons. The summed E-state index contributed by atoms with van der Waals surface area (Å²) in [6.07, 6.45) is -8.97. The quantitative estimate of drug-likeness (QED) is 0.429. The molecule has 0 aromatic heterocycles. The van der Waals surface area contributed by atoms with Crippen LogP contribution in [0.25, 0.3) is 0 Å². The highest BCUT2D eigenvalue weighted by molar-refractivity contribution is 5.89. The number of hydrogen-bond acceptors (Lipinski definition) is 8. The van der Waals surface area contributed by atoms with Gasteiger partial charge >= 0.3 is 0 Å². The van der Waals surface area contributed by atoms with Crippen molar-refractivity contribution in [2.45, 2.75) is 24.5 Å². The molecule has 0 aromatic rings. The lowest BCUT2D eigenvalue weighted by atomic mass is 10.1. The number of nitrogens with zero attached hydrogens (tertiary/aromatic N) is 3. The van der Waals surface area contributed by atoms with Gasteiger partial charge in [0.15, 0.2) is 6.23 Å². The van der Waals surface area contributed by atoms with Gasteiger partial charge in [-0.15, -0.1) is 0 Å². The summed E-state index contributed by atoms with van der Waals surface area (Å²) >= 11 is 0. The smallest absolute Gasteiger partial charge is 0.223 e. The monoisotopic (exact) mass is 246 g/mol. The molecule has 17 heavy (non-hydrogen) atoms. The van der Waals surface area contributed by atoms with Gasteiger partial charge < -0.3 is 25.8 Å². The van der Waals surface area contributed by atoms with Gasteiger partial charge in [0.2, 0.25) is 5.96 Å². The number of nitrogens with two attached hydrogens (primary N) is 1. The van der Waals surface area contributed by atoms with E-state index >= 15 is 0 Å². The van der Waals surface area contributed by atoms with E-state index in [0.717, 1.165) is 11.2 Å². The van der Waals surface area contributed by atoms with Gasteiger partial charge in [-0.3, -0.25) is 4.90 Å². The number of ether oxygens (including phenoxy) is 1. The third-order valence-corrected chi connectivity index (χ3v) is 2.25. The Hall–Kier alpha value is -1.48. The van der Waals surface area contributed by atoms with Crippen LogP contribution in [0.5, 0.6) is 0 Å². The molecule has 0 bridgehead atoms. The van der Waals surface area contributed by atoms with Crippen molar-refractivity contribution in [3.63, 3.8) is 0 Å². The molecule has 4 atom stereocenters. The first-order chi connectivity index (χ1) is 9.42. The fourth-order valence-corrected chi connectivity index (χ4v) is 1.43. The van der Waals surface area contributed by atoms with Crippen LogP contribution in [-0.2, 0) is 4.74 Å². The van der Waals surface area contributed by atoms with Crippen LogP contribution in [0.2, 0.25) is 0 Å². The van der Waals surface area contributed by atoms with Gasteiger partial charge in [-0.1, -0.05) is 6.58 Å². The van der Waals surface area contributed by atoms with E-state index in [2.05, 4.69) is 16.6 Å². The van der Waals surface area contributed by atoms with Crippen LogP contribution in [0.15, 0.2) is 22.4 Å². The van der Waals surface area contributed by atoms with Gasteiger partial charge in [-0.05, 0) is 0 Å². The standard InChI is InChI=1S/C9H14N4O4/c1-4-12-9(10)11-3-13(4)8-7(16)6(15)5(2-14)17-8/h3,5-8,14-16H,1-2H2,(H2,10,12)/t5-,6?,7+,8-/m1/s1/i2D2,5D,6D. The topological polar surface area (TPSA) is 124 Å². The summed E-state index contributed by atoms with van der Waals surface area (Å²) in [6.45, 7) is 0.0776. The third kappa shape index (κ3) is 2.03. The van der Waals surface area contributed by atoms with Crippen LogP contribution in [0.3, 0.4) is 0 Å². The highest BCUT2D eigenvalue weighted by Gasteiger charge is 2.45. The fraction of sp³-hybridized carbons (Fsp3) is 0.556. The predicted molar refractivity (Wildman–Crippen MR) is 58.9 cm³/mol. The number of aliphatic imine (C=N–C) groups is 2. The highest BCUT2D eigenvalue weighted by atomic mass is 16.6. The van der Waals surface area contributed by atoms with Gasteiger partial charge in [-0.2, -0.15) is 4.99 Å². The molecule has 94 valence electrons. The second kappa shape index (κ2) is 4.41. The van der Waals surface area contributed by atoms with Crippen LogP contribution >= 0.6 is 0 Å². The summed E-state index contributed by atoms with van der Waals surface area (Å²) in [4.78, 5) is 8.25. The minimum absolute atomic E-state index is 0.0647. The minimum Gasteiger partial charge on any atom is -0.394 e. The fourth-order valence-electron chi connectivity index (χ4n) is 1.43. The van der Waals surface area contributed by atoms with Crippen molar-refractivity contribution < 1.29 is 25.5 Å². The first-order valence-corrected chi connectivity index (χ1v) is 4.58. The van der Waals surface area contributed by atoms with Crippen molar-refractivity contribution in [3.8, 4) is 0 Å². The summed E-state index contributed by atoms with van der Waals surface area (Å²) < 4.78 is 34.5. The van der Waals surface area contributed by atoms with E-state index in [1.165, 1.54) is 0 Å². The molecular weight excluding hydrogens is 228 g/mol. The van der Waals surface area contributed by atoms with E-state index in [1.807, 2.05) is 0 Å². The summed E-state index contributed by atoms with van der Waals surface area (Å²) in [5.41, 5.74) is 5.33. The average Bonchev–Trinajstić information content (AvgIpc) is 2.50. The molecule has 0 aromatic carbocycles. The Morgan fingerprint density at radius 1 is 1.71 bits per heavy atom. The van der Waals surface area contributed by atoms with Crippen LogP contribution in [0.1, 0.15) is 5.48 Å². The average molecular weight is 246 g/mol. The third-order valence-electron chi connectivity index (χ3n) is 2.25. The second-order valence-electron chi connectivity index (χ2n) is 3.32. The first kappa shape index (κ1) is 7.77. The lowest BCUT2D eigenvalue weighted by Crippen LogP contribution is -2.44. The van der Waals surface area contributed by atoms with Crippen LogP contribution in [0.4, 0.5) is 0 Å². The molecule has 2 aliphatic heterocycles. The zero-order valence-corrected chi connectivity index (χ0v) is 8.61. The molecule has 2 heterocycles. The number of aliphatic hydroxyl groups excluding tert-OH is 1. The first-order valence-electron chi connectivity index (χ1n) is 6.58. The molecule has 0 spiro atoms. The Bertz CT molecular complexity index is 534. The maximum absolute atomic E-state index is 9.97. The van der Waals surface area contributed by atoms with Gasteiger partial charge in [0.25, 0.3) is 0 Å². The highest BCUT2D eigenvalue weighted by Crippen LogP contribution is 2.26. The molecule has 2 aliphatic rings. The molecule has 2 rings (SSSR count). The molecule has 1 fully saturated rings. The Morgan fingerprint density at radius 2 is 2.41 bits per heavy atom. The Kier molecular flexibility index (Phi) is 2.02. The Labute approximate surface area is 103 Å². The van der Waals surface area contributed by atoms with Crippen molar-refractivity contribution in [1.82, 2.24) is 4.90 Å². The predicted octanol–water partition coefficient (Wildman–Crippen LogP) is -2.44. The van der Waals surface area contributed by atoms with Crippen LogP contribution < -0.4 is 5.73 Å². The lowest BCUT2D eigenvalue weighted by molar-refractivity contribution is -0.0607. The van der Waals surface area contributed by atoms with Gasteiger partial charge in [0, 0.05) is 0 Å². The van der Waals surface area contributed by atoms with E-state index in [0.29, 0.717) is 0 Å². The van der Waals surface area contributed by atoms with Crippen LogP contribution in [-0.4, -0.2) is 63.6 Å². The maximum atomic E-state index is 9.97. The van der Waals surface area contributed by atoms with Crippen molar-refractivity contribution in [3.05, 3.63) is 12.4 Å². The molecule has 1 saturated heterocycles. The molecule has 8 heteroatoms. The van der Waals surface area contributed by atoms with Gasteiger partial charge in [-0.25, -0.2) is 4.99 Å². The van der Waals surface area contributed by atoms with E-state index in [1.54, 1.807) is 0 Å². The Morgan fingerprint density at radius 3 is 2.94 bits per heavy atom. The van der Waals surface area contributed by atoms with Gasteiger partial charge in [0.1, 0.15) is 30.4 Å². The lowest BCUT2D eigenvalue weighted by Gasteiger charge is -2.29. The number of aliphatic hydroxyl groups is 3. The van der Waals surface area contributed by atoms with Crippen LogP contribution in [0, 0.1) is 0 Å². The summed E-state index contributed by atoms with van der Waals surface area (Å²) in [5, 5.41) is 29.2. The molecule has 0 saturated carbocycles. The van der Waals surface area contributed by atoms with Crippen molar-refractivity contribution in [2.75, 3.05) is 6.56 Å². The zero-order valence-electron chi connectivity index (χ0n) is 12.6. The number of rotatable bonds is 2. The molecule has 0 amide bonds. The zero-order chi connectivity index (χ0) is 16.2. The SMILES string of the molecule is [2H]C([2H])(O)[C@@]1([2H])O[C@@H](N2C=NC(N)=NC2=C)[C@@H](O)C1([2H])O. The largest absolute Gasteiger partial charge is 0.394 e. The normalized spacial score (nSPS) is 50.4. The van der Waals surface area contributed by atoms with Crippen molar-refractivity contribution >= 4 is 12.3 Å². The van der Waals surface area contributed by atoms with Gasteiger partial charge in [0.05, 0.1) is 12.0 Å². The molecule has 8 nitrogen and oxygen atoms in total. The second-order valence-corrected chi connectivity index (χ2v) is 3.32. The maximum Gasteiger partial charge on any atom is 0.223 e. The summed E-state index contributed by atoms with van der Waals surface area (Å²) in [7, 11) is 0. The van der Waals surface area contributed by atoms with E-state index in [9.17, 15) is 15.3 Å². The summed E-state index contributed by atoms with van der Waals surface area (Å²) in [6, 6.07) is 0. The number of hydrogen-bond donors (Lipinski definition) is 4. The van der Waals surface area contributed by atoms with E-state index in [-0.39, 0.29) is 11.8 Å².